The Kier molecular flexibility index (Phi) is 4.19. The van der Waals surface area contributed by atoms with Gasteiger partial charge in [-0.2, -0.15) is 0 Å². The average Bonchev–Trinajstić information content (AvgIpc) is 2.31. The summed E-state index contributed by atoms with van der Waals surface area (Å²) in [5.74, 6) is 0. The number of ether oxygens (including phenoxy) is 1. The quantitative estimate of drug-likeness (QED) is 0.814. The van der Waals surface area contributed by atoms with Crippen LogP contribution in [0.15, 0.2) is 24.3 Å². The van der Waals surface area contributed by atoms with Crippen LogP contribution in [-0.4, -0.2) is 26.2 Å². The molecule has 3 nitrogen and oxygen atoms in total. The Morgan fingerprint density at radius 1 is 1.50 bits per heavy atom. The molecule has 1 aromatic rings. The van der Waals surface area contributed by atoms with Crippen molar-refractivity contribution >= 4 is 5.69 Å². The largest absolute Gasteiger partial charge is 0.381 e. The van der Waals surface area contributed by atoms with Crippen molar-refractivity contribution in [3.05, 3.63) is 29.8 Å². The standard InChI is InChI=1S/C13H20N2O/c1-16-10-11-4-2-5-12(8-11)15-13-6-3-7-14-9-13/h2,4-5,8,13-15H,3,6-7,9-10H2,1H3/t13-/m0/s1. The molecule has 16 heavy (non-hydrogen) atoms. The lowest BCUT2D eigenvalue weighted by Gasteiger charge is -2.25. The maximum absolute atomic E-state index is 5.13. The third-order valence-corrected chi connectivity index (χ3v) is 2.91. The SMILES string of the molecule is COCc1cccc(N[C@H]2CCCNC2)c1. The number of rotatable bonds is 4. The van der Waals surface area contributed by atoms with Crippen molar-refractivity contribution in [3.8, 4) is 0 Å². The monoisotopic (exact) mass is 220 g/mol. The lowest BCUT2D eigenvalue weighted by atomic mass is 10.1. The van der Waals surface area contributed by atoms with Gasteiger partial charge in [-0.05, 0) is 37.1 Å². The fourth-order valence-electron chi connectivity index (χ4n) is 2.13. The highest BCUT2D eigenvalue weighted by molar-refractivity contribution is 5.46. The fourth-order valence-corrected chi connectivity index (χ4v) is 2.13. The molecule has 3 heteroatoms. The topological polar surface area (TPSA) is 33.3 Å². The summed E-state index contributed by atoms with van der Waals surface area (Å²) in [5.41, 5.74) is 2.42. The predicted octanol–water partition coefficient (Wildman–Crippen LogP) is 2.00. The van der Waals surface area contributed by atoms with Gasteiger partial charge in [-0.1, -0.05) is 12.1 Å². The van der Waals surface area contributed by atoms with Crippen molar-refractivity contribution in [2.45, 2.75) is 25.5 Å². The normalized spacial score (nSPS) is 20.7. The molecule has 1 atom stereocenters. The molecule has 1 fully saturated rings. The minimum absolute atomic E-state index is 0.562. The second-order valence-electron chi connectivity index (χ2n) is 4.32. The third-order valence-electron chi connectivity index (χ3n) is 2.91. The van der Waals surface area contributed by atoms with Crippen molar-refractivity contribution in [1.29, 1.82) is 0 Å². The van der Waals surface area contributed by atoms with E-state index >= 15 is 0 Å². The second kappa shape index (κ2) is 5.87. The van der Waals surface area contributed by atoms with E-state index in [1.54, 1.807) is 7.11 Å². The molecule has 0 radical (unpaired) electrons. The number of methoxy groups -OCH3 is 1. The predicted molar refractivity (Wildman–Crippen MR) is 66.7 cm³/mol. The van der Waals surface area contributed by atoms with Gasteiger partial charge in [0.25, 0.3) is 0 Å². The van der Waals surface area contributed by atoms with Crippen molar-refractivity contribution < 1.29 is 4.74 Å². The first-order valence-corrected chi connectivity index (χ1v) is 5.93. The molecule has 2 rings (SSSR count). The Morgan fingerprint density at radius 2 is 2.44 bits per heavy atom. The van der Waals surface area contributed by atoms with Gasteiger partial charge in [0.05, 0.1) is 6.61 Å². The summed E-state index contributed by atoms with van der Waals surface area (Å²) in [6, 6.07) is 9.01. The van der Waals surface area contributed by atoms with Crippen LogP contribution in [0, 0.1) is 0 Å². The molecule has 1 heterocycles. The first-order valence-electron chi connectivity index (χ1n) is 5.93. The third kappa shape index (κ3) is 3.22. The molecule has 0 bridgehead atoms. The van der Waals surface area contributed by atoms with Crippen LogP contribution in [0.5, 0.6) is 0 Å². The zero-order valence-corrected chi connectivity index (χ0v) is 9.83. The van der Waals surface area contributed by atoms with Gasteiger partial charge in [0.1, 0.15) is 0 Å². The number of benzene rings is 1. The summed E-state index contributed by atoms with van der Waals surface area (Å²) in [6.07, 6.45) is 2.51. The summed E-state index contributed by atoms with van der Waals surface area (Å²) in [5, 5.41) is 6.97. The van der Waals surface area contributed by atoms with E-state index in [2.05, 4.69) is 34.9 Å². The first kappa shape index (κ1) is 11.4. The maximum atomic E-state index is 5.13. The first-order chi connectivity index (χ1) is 7.88. The minimum atomic E-state index is 0.562. The summed E-state index contributed by atoms with van der Waals surface area (Å²) in [7, 11) is 1.73. The molecular formula is C13H20N2O. The summed E-state index contributed by atoms with van der Waals surface area (Å²) in [4.78, 5) is 0. The zero-order chi connectivity index (χ0) is 11.2. The van der Waals surface area contributed by atoms with E-state index in [9.17, 15) is 0 Å². The highest BCUT2D eigenvalue weighted by atomic mass is 16.5. The van der Waals surface area contributed by atoms with Crippen molar-refractivity contribution in [3.63, 3.8) is 0 Å². The van der Waals surface area contributed by atoms with Crippen LogP contribution in [0.4, 0.5) is 5.69 Å². The molecule has 1 saturated heterocycles. The van der Waals surface area contributed by atoms with E-state index in [4.69, 9.17) is 4.74 Å². The number of hydrogen-bond donors (Lipinski definition) is 2. The van der Waals surface area contributed by atoms with Crippen molar-refractivity contribution in [1.82, 2.24) is 5.32 Å². The molecule has 0 amide bonds. The molecule has 1 aliphatic heterocycles. The van der Waals surface area contributed by atoms with Gasteiger partial charge >= 0.3 is 0 Å². The Bertz CT molecular complexity index is 321. The van der Waals surface area contributed by atoms with Crippen LogP contribution in [-0.2, 0) is 11.3 Å². The van der Waals surface area contributed by atoms with Gasteiger partial charge in [-0.15, -0.1) is 0 Å². The molecule has 0 saturated carbocycles. The molecule has 0 aromatic heterocycles. The zero-order valence-electron chi connectivity index (χ0n) is 9.83. The van der Waals surface area contributed by atoms with Gasteiger partial charge in [0.15, 0.2) is 0 Å². The molecule has 88 valence electrons. The van der Waals surface area contributed by atoms with Gasteiger partial charge in [0, 0.05) is 25.4 Å². The lowest BCUT2D eigenvalue weighted by molar-refractivity contribution is 0.185. The molecule has 1 aromatic carbocycles. The summed E-state index contributed by atoms with van der Waals surface area (Å²) in [6.45, 7) is 2.90. The van der Waals surface area contributed by atoms with E-state index in [-0.39, 0.29) is 0 Å². The van der Waals surface area contributed by atoms with Gasteiger partial charge in [0.2, 0.25) is 0 Å². The van der Waals surface area contributed by atoms with Gasteiger partial charge in [-0.3, -0.25) is 0 Å². The van der Waals surface area contributed by atoms with Crippen LogP contribution < -0.4 is 10.6 Å². The number of nitrogens with one attached hydrogen (secondary N) is 2. The molecule has 0 unspecified atom stereocenters. The Hall–Kier alpha value is -1.06. The van der Waals surface area contributed by atoms with Crippen LogP contribution in [0.1, 0.15) is 18.4 Å². The van der Waals surface area contributed by atoms with E-state index in [1.807, 2.05) is 0 Å². The second-order valence-corrected chi connectivity index (χ2v) is 4.32. The minimum Gasteiger partial charge on any atom is -0.381 e. The van der Waals surface area contributed by atoms with E-state index in [0.717, 1.165) is 13.1 Å². The molecule has 0 aliphatic carbocycles. The number of anilines is 1. The lowest BCUT2D eigenvalue weighted by Crippen LogP contribution is -2.38. The van der Waals surface area contributed by atoms with E-state index < -0.39 is 0 Å². The van der Waals surface area contributed by atoms with Crippen molar-refractivity contribution in [2.75, 3.05) is 25.5 Å². The average molecular weight is 220 g/mol. The molecular weight excluding hydrogens is 200 g/mol. The van der Waals surface area contributed by atoms with Crippen molar-refractivity contribution in [2.24, 2.45) is 0 Å². The fraction of sp³-hybridized carbons (Fsp3) is 0.538. The Morgan fingerprint density at radius 3 is 3.19 bits per heavy atom. The van der Waals surface area contributed by atoms with Crippen LogP contribution in [0.2, 0.25) is 0 Å². The highest BCUT2D eigenvalue weighted by Gasteiger charge is 2.12. The molecule has 0 spiro atoms. The van der Waals surface area contributed by atoms with Gasteiger partial charge in [-0.25, -0.2) is 0 Å². The van der Waals surface area contributed by atoms with Crippen LogP contribution >= 0.6 is 0 Å². The molecule has 2 N–H and O–H groups in total. The Balaban J connectivity index is 1.94. The maximum Gasteiger partial charge on any atom is 0.0713 e. The van der Waals surface area contributed by atoms with Crippen LogP contribution in [0.3, 0.4) is 0 Å². The Labute approximate surface area is 97.2 Å². The molecule has 1 aliphatic rings. The summed E-state index contributed by atoms with van der Waals surface area (Å²) >= 11 is 0. The summed E-state index contributed by atoms with van der Waals surface area (Å²) < 4.78 is 5.13. The van der Waals surface area contributed by atoms with E-state index in [1.165, 1.54) is 24.1 Å². The van der Waals surface area contributed by atoms with Crippen LogP contribution in [0.25, 0.3) is 0 Å². The number of piperidine rings is 1. The van der Waals surface area contributed by atoms with Gasteiger partial charge < -0.3 is 15.4 Å². The number of hydrogen-bond acceptors (Lipinski definition) is 3. The highest BCUT2D eigenvalue weighted by Crippen LogP contribution is 2.15. The van der Waals surface area contributed by atoms with E-state index in [0.29, 0.717) is 12.6 Å². The smallest absolute Gasteiger partial charge is 0.0713 e.